The van der Waals surface area contributed by atoms with Crippen LogP contribution in [0.15, 0.2) is 97.8 Å². The number of hydrogen-bond acceptors (Lipinski definition) is 8. The quantitative estimate of drug-likeness (QED) is 0.213. The van der Waals surface area contributed by atoms with E-state index in [1.165, 1.54) is 17.7 Å². The Kier molecular flexibility index (Phi) is 8.14. The third kappa shape index (κ3) is 6.11. The molecule has 5 aromatic rings. The zero-order valence-corrected chi connectivity index (χ0v) is 25.4. The highest BCUT2D eigenvalue weighted by Crippen LogP contribution is 2.40. The lowest BCUT2D eigenvalue weighted by molar-refractivity contribution is -0.190. The van der Waals surface area contributed by atoms with Crippen molar-refractivity contribution in [3.63, 3.8) is 0 Å². The fraction of sp³-hybridized carbons (Fsp3) is 0.281. The molecule has 2 fully saturated rings. The van der Waals surface area contributed by atoms with Gasteiger partial charge in [0, 0.05) is 60.5 Å². The summed E-state index contributed by atoms with van der Waals surface area (Å²) in [6.07, 6.45) is 6.51. The largest absolute Gasteiger partial charge is 0.491 e. The first-order valence-electron chi connectivity index (χ1n) is 14.5. The zero-order chi connectivity index (χ0) is 29.9. The summed E-state index contributed by atoms with van der Waals surface area (Å²) in [6.45, 7) is 4.72. The normalized spacial score (nSPS) is 20.3. The average molecular weight is 633 g/mol. The van der Waals surface area contributed by atoms with Gasteiger partial charge in [-0.1, -0.05) is 29.3 Å². The first-order valence-corrected chi connectivity index (χ1v) is 15.2. The summed E-state index contributed by atoms with van der Waals surface area (Å²) in [7, 11) is 0. The van der Waals surface area contributed by atoms with Crippen LogP contribution in [-0.4, -0.2) is 70.0 Å². The van der Waals surface area contributed by atoms with Crippen molar-refractivity contribution in [2.24, 2.45) is 0 Å². The van der Waals surface area contributed by atoms with Gasteiger partial charge in [-0.25, -0.2) is 14.3 Å². The Morgan fingerprint density at radius 1 is 0.864 bits per heavy atom. The lowest BCUT2D eigenvalue weighted by Crippen LogP contribution is -2.46. The van der Waals surface area contributed by atoms with Crippen LogP contribution in [0.3, 0.4) is 0 Å². The second-order valence-corrected chi connectivity index (χ2v) is 11.6. The van der Waals surface area contributed by atoms with Crippen molar-refractivity contribution in [1.29, 1.82) is 0 Å². The fourth-order valence-electron chi connectivity index (χ4n) is 5.69. The van der Waals surface area contributed by atoms with E-state index in [2.05, 4.69) is 61.4 Å². The molecule has 10 nitrogen and oxygen atoms in total. The minimum atomic E-state index is -1.14. The van der Waals surface area contributed by atoms with E-state index in [1.807, 2.05) is 35.1 Å². The predicted molar refractivity (Wildman–Crippen MR) is 169 cm³/mol. The van der Waals surface area contributed by atoms with Crippen LogP contribution in [-0.2, 0) is 21.8 Å². The molecule has 7 rings (SSSR count). The summed E-state index contributed by atoms with van der Waals surface area (Å²) in [5, 5.41) is 9.53. The van der Waals surface area contributed by atoms with Gasteiger partial charge in [-0.2, -0.15) is 10.2 Å². The molecule has 0 amide bonds. The summed E-state index contributed by atoms with van der Waals surface area (Å²) in [5.74, 6) is -0.372. The van der Waals surface area contributed by atoms with Gasteiger partial charge in [0.05, 0.1) is 17.3 Å². The fourth-order valence-corrected chi connectivity index (χ4v) is 6.24. The van der Waals surface area contributed by atoms with Gasteiger partial charge in [0.25, 0.3) is 0 Å². The van der Waals surface area contributed by atoms with E-state index in [1.54, 1.807) is 29.3 Å². The Morgan fingerprint density at radius 3 is 2.20 bits per heavy atom. The average Bonchev–Trinajstić information content (AvgIpc) is 3.85. The zero-order valence-electron chi connectivity index (χ0n) is 23.9. The number of halogens is 2. The van der Waals surface area contributed by atoms with Crippen LogP contribution >= 0.6 is 23.2 Å². The highest BCUT2D eigenvalue weighted by Gasteiger charge is 2.45. The Morgan fingerprint density at radius 2 is 1.57 bits per heavy atom. The molecule has 0 bridgehead atoms. The van der Waals surface area contributed by atoms with Crippen molar-refractivity contribution in [2.75, 3.05) is 49.2 Å². The molecule has 0 spiro atoms. The van der Waals surface area contributed by atoms with Gasteiger partial charge in [0.15, 0.2) is 0 Å². The van der Waals surface area contributed by atoms with Gasteiger partial charge in [0.1, 0.15) is 37.7 Å². The smallest absolute Gasteiger partial charge is 0.217 e. The molecular weight excluding hydrogens is 601 g/mol. The first-order chi connectivity index (χ1) is 21.5. The molecule has 12 heteroatoms. The standard InChI is InChI=1S/C32H31Cl2N7O3/c33-24-2-11-30(31(34)18-24)32(21-40-23-35-22-37-40)43-20-29(44-32)19-42-28-9-7-26(8-10-28)39-16-14-38(15-17-39)25-3-5-27(6-4-25)41-13-1-12-36-41/h1-13,18,22-23,29H,14-17,19-21H2/t29-,32-/m1/s1. The van der Waals surface area contributed by atoms with Crippen LogP contribution in [0.5, 0.6) is 5.75 Å². The molecule has 2 saturated heterocycles. The Balaban J connectivity index is 0.936. The van der Waals surface area contributed by atoms with Crippen LogP contribution in [0.1, 0.15) is 5.56 Å². The molecular formula is C32H31Cl2N7O3. The van der Waals surface area contributed by atoms with E-state index in [9.17, 15) is 0 Å². The topological polar surface area (TPSA) is 82.7 Å². The summed E-state index contributed by atoms with van der Waals surface area (Å²) in [4.78, 5) is 8.87. The second-order valence-electron chi connectivity index (χ2n) is 10.8. The van der Waals surface area contributed by atoms with Crippen molar-refractivity contribution in [1.82, 2.24) is 24.5 Å². The Bertz CT molecular complexity index is 1660. The van der Waals surface area contributed by atoms with Gasteiger partial charge in [-0.05, 0) is 66.7 Å². The molecule has 4 heterocycles. The van der Waals surface area contributed by atoms with E-state index in [4.69, 9.17) is 37.4 Å². The lowest BCUT2D eigenvalue weighted by Gasteiger charge is -2.37. The van der Waals surface area contributed by atoms with Gasteiger partial charge in [-0.15, -0.1) is 0 Å². The first kappa shape index (κ1) is 28.7. The predicted octanol–water partition coefficient (Wildman–Crippen LogP) is 5.44. The minimum Gasteiger partial charge on any atom is -0.491 e. The Hall–Kier alpha value is -4.09. The molecule has 2 aliphatic heterocycles. The second kappa shape index (κ2) is 12.5. The maximum Gasteiger partial charge on any atom is 0.217 e. The van der Waals surface area contributed by atoms with Gasteiger partial charge in [-0.3, -0.25) is 0 Å². The molecule has 44 heavy (non-hydrogen) atoms. The number of piperazine rings is 1. The van der Waals surface area contributed by atoms with Crippen molar-refractivity contribution in [3.05, 3.63) is 113 Å². The van der Waals surface area contributed by atoms with E-state index in [-0.39, 0.29) is 12.6 Å². The van der Waals surface area contributed by atoms with Crippen LogP contribution in [0, 0.1) is 0 Å². The molecule has 0 N–H and O–H groups in total. The third-order valence-corrected chi connectivity index (χ3v) is 8.49. The number of nitrogens with zero attached hydrogens (tertiary/aromatic N) is 7. The maximum atomic E-state index is 6.57. The third-order valence-electron chi connectivity index (χ3n) is 7.94. The number of rotatable bonds is 9. The molecule has 2 aromatic heterocycles. The molecule has 226 valence electrons. The highest BCUT2D eigenvalue weighted by atomic mass is 35.5. The monoisotopic (exact) mass is 631 g/mol. The summed E-state index contributed by atoms with van der Waals surface area (Å²) < 4.78 is 22.4. The summed E-state index contributed by atoms with van der Waals surface area (Å²) in [6, 6.07) is 24.0. The summed E-state index contributed by atoms with van der Waals surface area (Å²) in [5.41, 5.74) is 4.14. The number of hydrogen-bond donors (Lipinski definition) is 0. The minimum absolute atomic E-state index is 0.281. The number of ether oxygens (including phenoxy) is 3. The van der Waals surface area contributed by atoms with Gasteiger partial charge < -0.3 is 24.0 Å². The molecule has 0 unspecified atom stereocenters. The Labute approximate surface area is 265 Å². The molecule has 2 aliphatic rings. The maximum absolute atomic E-state index is 6.57. The van der Waals surface area contributed by atoms with Crippen molar-refractivity contribution < 1.29 is 14.2 Å². The van der Waals surface area contributed by atoms with E-state index in [0.29, 0.717) is 28.8 Å². The van der Waals surface area contributed by atoms with Crippen LogP contribution < -0.4 is 14.5 Å². The number of anilines is 2. The van der Waals surface area contributed by atoms with E-state index in [0.717, 1.165) is 37.6 Å². The molecule has 0 saturated carbocycles. The van der Waals surface area contributed by atoms with E-state index < -0.39 is 5.79 Å². The lowest BCUT2D eigenvalue weighted by atomic mass is 10.1. The van der Waals surface area contributed by atoms with Crippen LogP contribution in [0.4, 0.5) is 11.4 Å². The van der Waals surface area contributed by atoms with E-state index >= 15 is 0 Å². The van der Waals surface area contributed by atoms with Crippen molar-refractivity contribution in [3.8, 4) is 11.4 Å². The van der Waals surface area contributed by atoms with Crippen molar-refractivity contribution >= 4 is 34.6 Å². The molecule has 0 aliphatic carbocycles. The SMILES string of the molecule is Clc1ccc([C@]2(Cn3cncn3)OC[C@@H](COc3ccc(N4CCN(c5ccc(-n6cccn6)cc5)CC4)cc3)O2)c(Cl)c1. The van der Waals surface area contributed by atoms with Gasteiger partial charge >= 0.3 is 0 Å². The highest BCUT2D eigenvalue weighted by molar-refractivity contribution is 6.35. The van der Waals surface area contributed by atoms with Gasteiger partial charge in [0.2, 0.25) is 5.79 Å². The summed E-state index contributed by atoms with van der Waals surface area (Å²) >= 11 is 12.7. The van der Waals surface area contributed by atoms with Crippen molar-refractivity contribution in [2.45, 2.75) is 18.4 Å². The van der Waals surface area contributed by atoms with Crippen LogP contribution in [0.2, 0.25) is 10.0 Å². The molecule has 3 aromatic carbocycles. The number of aromatic nitrogens is 5. The number of benzene rings is 3. The molecule has 2 atom stereocenters. The van der Waals surface area contributed by atoms with Crippen LogP contribution in [0.25, 0.3) is 5.69 Å². The molecule has 0 radical (unpaired) electrons.